The van der Waals surface area contributed by atoms with Gasteiger partial charge in [0.05, 0.1) is 92.0 Å². The second-order valence-corrected chi connectivity index (χ2v) is 17.6. The summed E-state index contributed by atoms with van der Waals surface area (Å²) in [6, 6.07) is 0. The third kappa shape index (κ3) is 26.6. The van der Waals surface area contributed by atoms with Crippen molar-refractivity contribution >= 4 is 95.0 Å². The molecule has 0 aliphatic carbocycles. The molecule has 36 nitrogen and oxygen atoms in total. The number of hydrogen-bond acceptors (Lipinski definition) is 32. The predicted octanol–water partition coefficient (Wildman–Crippen LogP) is -3.59. The Hall–Kier alpha value is -8.00. The van der Waals surface area contributed by atoms with Crippen LogP contribution in [0.25, 0.3) is 0 Å². The Morgan fingerprint density at radius 2 is 0.541 bits per heavy atom. The van der Waals surface area contributed by atoms with Gasteiger partial charge in [-0.05, 0) is 6.92 Å². The third-order valence-corrected chi connectivity index (χ3v) is 11.1. The molecular weight excluding hydrogens is 1160 g/mol. The van der Waals surface area contributed by atoms with E-state index in [0.717, 1.165) is 0 Å². The zero-order chi connectivity index (χ0) is 62.1. The molecule has 8 amide bonds. The van der Waals surface area contributed by atoms with Gasteiger partial charge in [0.15, 0.2) is 0 Å². The number of amides is 8. The SMILES string of the molecule is CC(OCCOCCOC(=O)CC(=O)ON1C(=O)CCC1=O)C(OCCOCCOC(=O)CC(=O)ON1C(=O)CCC1=O)C(COCCOCCOC(=O)CC(=O)ON1C(=O)CCC1=O)OCCOCCOC(=O)CC(=O)ON1C(=O)CCC1=O. The maximum absolute atomic E-state index is 12.2. The molecule has 85 heavy (non-hydrogen) atoms. The van der Waals surface area contributed by atoms with Crippen molar-refractivity contribution in [1.82, 2.24) is 20.3 Å². The van der Waals surface area contributed by atoms with Crippen molar-refractivity contribution in [2.45, 2.75) is 102 Å². The summed E-state index contributed by atoms with van der Waals surface area (Å²) in [6.45, 7) is -1.35. The van der Waals surface area contributed by atoms with Crippen LogP contribution in [0.5, 0.6) is 0 Å². The highest BCUT2D eigenvalue weighted by Gasteiger charge is 2.37. The van der Waals surface area contributed by atoms with E-state index in [1.165, 1.54) is 0 Å². The first-order valence-electron chi connectivity index (χ1n) is 26.3. The summed E-state index contributed by atoms with van der Waals surface area (Å²) in [6.07, 6.45) is -7.53. The van der Waals surface area contributed by atoms with Gasteiger partial charge in [0, 0.05) is 51.4 Å². The van der Waals surface area contributed by atoms with Crippen molar-refractivity contribution in [3.8, 4) is 0 Å². The molecule has 0 spiro atoms. The van der Waals surface area contributed by atoms with Crippen LogP contribution in [0.4, 0.5) is 0 Å². The number of carbonyl (C=O) groups is 16. The Balaban J connectivity index is 1.27. The molecule has 0 N–H and O–H groups in total. The summed E-state index contributed by atoms with van der Waals surface area (Å²) in [7, 11) is 0. The average Bonchev–Trinajstić information content (AvgIpc) is 4.41. The van der Waals surface area contributed by atoms with Gasteiger partial charge < -0.3 is 76.2 Å². The van der Waals surface area contributed by atoms with Gasteiger partial charge in [-0.2, -0.15) is 0 Å². The van der Waals surface area contributed by atoms with Crippen molar-refractivity contribution in [1.29, 1.82) is 0 Å². The van der Waals surface area contributed by atoms with Gasteiger partial charge in [0.2, 0.25) is 0 Å². The van der Waals surface area contributed by atoms with Crippen LogP contribution in [-0.2, 0) is 153 Å². The van der Waals surface area contributed by atoms with Crippen LogP contribution in [0.3, 0.4) is 0 Å². The molecule has 0 aromatic carbocycles. The number of imide groups is 4. The molecular formula is C49H64N4O32. The van der Waals surface area contributed by atoms with Crippen molar-refractivity contribution in [3.05, 3.63) is 0 Å². The number of carbonyl (C=O) groups excluding carboxylic acids is 16. The fourth-order valence-corrected chi connectivity index (χ4v) is 7.10. The largest absolute Gasteiger partial charge is 0.463 e. The standard InChI is InChI=1S/C49H64N4O32/c1-31(75-19-12-71-15-22-78-42(63)27-46(67)83-51-35(56)4-5-36(51)57)49(81-25-18-73-17-24-80-44(65)29-48(69)85-53-39(60)8-9-40(53)61)32(76-20-13-72-16-23-79-43(64)28-47(68)84-52-37(58)6-7-38(52)59)30-74-11-10-70-14-21-77-41(62)26-45(66)82-50-33(54)2-3-34(50)55/h31-32,49H,2-30H2,1H3. The van der Waals surface area contributed by atoms with Crippen LogP contribution in [-0.4, -0.2) is 246 Å². The summed E-state index contributed by atoms with van der Waals surface area (Å²) < 4.78 is 65.9. The fraction of sp³-hybridized carbons (Fsp3) is 0.673. The van der Waals surface area contributed by atoms with Gasteiger partial charge in [0.25, 0.3) is 47.3 Å². The lowest BCUT2D eigenvalue weighted by molar-refractivity contribution is -0.198. The fourth-order valence-electron chi connectivity index (χ4n) is 7.10. The first-order valence-corrected chi connectivity index (χ1v) is 26.3. The highest BCUT2D eigenvalue weighted by atomic mass is 16.7. The Kier molecular flexibility index (Phi) is 31.1. The maximum atomic E-state index is 12.2. The zero-order valence-corrected chi connectivity index (χ0v) is 46.1. The number of ether oxygens (including phenoxy) is 12. The number of esters is 4. The molecule has 3 atom stereocenters. The topological polar surface area (TPSA) is 434 Å². The van der Waals surface area contributed by atoms with Crippen molar-refractivity contribution in [2.24, 2.45) is 0 Å². The second kappa shape index (κ2) is 38.0. The van der Waals surface area contributed by atoms with E-state index in [2.05, 4.69) is 19.4 Å². The van der Waals surface area contributed by atoms with Crippen molar-refractivity contribution < 1.29 is 153 Å². The molecule has 4 rings (SSSR count). The molecule has 0 saturated carbocycles. The van der Waals surface area contributed by atoms with Crippen molar-refractivity contribution in [3.63, 3.8) is 0 Å². The third-order valence-electron chi connectivity index (χ3n) is 11.1. The van der Waals surface area contributed by atoms with Gasteiger partial charge in [-0.3, -0.25) is 57.5 Å². The average molecular weight is 1220 g/mol. The molecule has 4 saturated heterocycles. The molecule has 36 heteroatoms. The highest BCUT2D eigenvalue weighted by molar-refractivity contribution is 6.05. The van der Waals surface area contributed by atoms with Gasteiger partial charge in [-0.15, -0.1) is 20.3 Å². The minimum absolute atomic E-state index is 0.0636. The van der Waals surface area contributed by atoms with Gasteiger partial charge >= 0.3 is 47.8 Å². The summed E-state index contributed by atoms with van der Waals surface area (Å²) in [5.41, 5.74) is 0. The minimum Gasteiger partial charge on any atom is -0.463 e. The minimum atomic E-state index is -1.19. The molecule has 0 aromatic heterocycles. The Bertz CT molecular complexity index is 2350. The van der Waals surface area contributed by atoms with E-state index in [0.29, 0.717) is 0 Å². The Morgan fingerprint density at radius 1 is 0.306 bits per heavy atom. The van der Waals surface area contributed by atoms with Gasteiger partial charge in [0.1, 0.15) is 64.3 Å². The van der Waals surface area contributed by atoms with E-state index >= 15 is 0 Å². The molecule has 4 heterocycles. The molecule has 4 aliphatic heterocycles. The van der Waals surface area contributed by atoms with Gasteiger partial charge in [-0.25, -0.2) is 19.2 Å². The molecule has 0 radical (unpaired) electrons. The Morgan fingerprint density at radius 3 is 0.835 bits per heavy atom. The van der Waals surface area contributed by atoms with E-state index in [1.54, 1.807) is 6.92 Å². The monoisotopic (exact) mass is 1220 g/mol. The van der Waals surface area contributed by atoms with Crippen LogP contribution in [0.15, 0.2) is 0 Å². The predicted molar refractivity (Wildman–Crippen MR) is 260 cm³/mol. The van der Waals surface area contributed by atoms with Crippen LogP contribution >= 0.6 is 0 Å². The van der Waals surface area contributed by atoms with E-state index in [4.69, 9.17) is 56.8 Å². The summed E-state index contributed by atoms with van der Waals surface area (Å²) >= 11 is 0. The van der Waals surface area contributed by atoms with Crippen molar-refractivity contribution in [2.75, 3.05) is 112 Å². The maximum Gasteiger partial charge on any atom is 0.344 e. The number of rotatable bonds is 43. The second-order valence-electron chi connectivity index (χ2n) is 17.6. The molecule has 3 unspecified atom stereocenters. The first-order chi connectivity index (χ1) is 40.7. The van der Waals surface area contributed by atoms with E-state index in [9.17, 15) is 76.7 Å². The lowest BCUT2D eigenvalue weighted by Crippen LogP contribution is -2.45. The molecule has 0 bridgehead atoms. The summed E-state index contributed by atoms with van der Waals surface area (Å²) in [5, 5.41) is 1.15. The Labute approximate surface area is 481 Å². The normalized spacial score (nSPS) is 16.2. The number of nitrogens with zero attached hydrogens (tertiary/aromatic N) is 4. The lowest BCUT2D eigenvalue weighted by Gasteiger charge is -2.32. The summed E-state index contributed by atoms with van der Waals surface area (Å²) in [5.74, 6) is -14.7. The van der Waals surface area contributed by atoms with Crippen LogP contribution in [0.2, 0.25) is 0 Å². The van der Waals surface area contributed by atoms with Gasteiger partial charge in [-0.1, -0.05) is 0 Å². The number of hydroxylamine groups is 8. The summed E-state index contributed by atoms with van der Waals surface area (Å²) in [4.78, 5) is 209. The smallest absolute Gasteiger partial charge is 0.344 e. The molecule has 4 fully saturated rings. The lowest BCUT2D eigenvalue weighted by atomic mass is 10.1. The quantitative estimate of drug-likeness (QED) is 0.0187. The number of hydrogen-bond donors (Lipinski definition) is 0. The van der Waals surface area contributed by atoms with Crippen LogP contribution in [0.1, 0.15) is 84.0 Å². The van der Waals surface area contributed by atoms with Crippen LogP contribution in [0, 0.1) is 0 Å². The van der Waals surface area contributed by atoms with E-state index in [-0.39, 0.29) is 184 Å². The molecule has 4 aliphatic rings. The molecule has 0 aromatic rings. The van der Waals surface area contributed by atoms with E-state index < -0.39 is 139 Å². The van der Waals surface area contributed by atoms with E-state index in [1.807, 2.05) is 0 Å². The molecule has 472 valence electrons. The zero-order valence-electron chi connectivity index (χ0n) is 46.1. The first kappa shape index (κ1) is 69.5. The van der Waals surface area contributed by atoms with Crippen LogP contribution < -0.4 is 0 Å². The highest BCUT2D eigenvalue weighted by Crippen LogP contribution is 2.18.